The van der Waals surface area contributed by atoms with Gasteiger partial charge in [-0.15, -0.1) is 0 Å². The zero-order valence-corrected chi connectivity index (χ0v) is 18.9. The Morgan fingerprint density at radius 1 is 0.966 bits per heavy atom. The second-order valence-electron chi connectivity index (χ2n) is 6.88. The topological polar surface area (TPSA) is 53.8 Å². The maximum atomic E-state index is 10.5. The van der Waals surface area contributed by atoms with Gasteiger partial charge in [0.05, 0.1) is 7.11 Å². The predicted molar refractivity (Wildman–Crippen MR) is 123 cm³/mol. The molecule has 0 saturated heterocycles. The summed E-state index contributed by atoms with van der Waals surface area (Å²) in [6.07, 6.45) is 0.459. The molecule has 29 heavy (non-hydrogen) atoms. The van der Waals surface area contributed by atoms with Crippen molar-refractivity contribution in [1.29, 1.82) is 0 Å². The Morgan fingerprint density at radius 3 is 2.34 bits per heavy atom. The molecule has 0 radical (unpaired) electrons. The number of ether oxygens (including phenoxy) is 1. The molecule has 2 atom stereocenters. The van der Waals surface area contributed by atoms with Crippen LogP contribution in [0.4, 0.5) is 0 Å². The van der Waals surface area contributed by atoms with Gasteiger partial charge in [-0.1, -0.05) is 44.0 Å². The van der Waals surface area contributed by atoms with E-state index >= 15 is 0 Å². The van der Waals surface area contributed by atoms with Gasteiger partial charge in [0, 0.05) is 32.7 Å². The molecule has 0 saturated carbocycles. The Kier molecular flexibility index (Phi) is 6.04. The lowest BCUT2D eigenvalue weighted by Crippen LogP contribution is -2.33. The zero-order valence-electron chi connectivity index (χ0n) is 15.8. The Labute approximate surface area is 186 Å². The molecule has 4 nitrogen and oxygen atoms in total. The SMILES string of the molecule is COc1ccc(C2=NC(c3ccc(Br)cc3)NC(c3cc(Br)ccc3O)C2)cc1. The van der Waals surface area contributed by atoms with Crippen molar-refractivity contribution in [2.75, 3.05) is 7.11 Å². The van der Waals surface area contributed by atoms with Crippen molar-refractivity contribution in [2.45, 2.75) is 18.6 Å². The molecule has 1 aliphatic rings. The first-order valence-electron chi connectivity index (χ1n) is 9.24. The maximum Gasteiger partial charge on any atom is 0.126 e. The Bertz CT molecular complexity index is 1030. The molecule has 4 rings (SSSR count). The van der Waals surface area contributed by atoms with Gasteiger partial charge in [-0.2, -0.15) is 0 Å². The van der Waals surface area contributed by atoms with Crippen LogP contribution < -0.4 is 10.1 Å². The Morgan fingerprint density at radius 2 is 1.66 bits per heavy atom. The number of halogens is 2. The van der Waals surface area contributed by atoms with Gasteiger partial charge < -0.3 is 9.84 Å². The van der Waals surface area contributed by atoms with E-state index in [1.807, 2.05) is 48.5 Å². The van der Waals surface area contributed by atoms with Gasteiger partial charge >= 0.3 is 0 Å². The third-order valence-electron chi connectivity index (χ3n) is 5.02. The lowest BCUT2D eigenvalue weighted by molar-refractivity contribution is 0.412. The van der Waals surface area contributed by atoms with Crippen LogP contribution in [0.1, 0.15) is 35.3 Å². The molecule has 0 aliphatic carbocycles. The number of nitrogens with one attached hydrogen (secondary N) is 1. The van der Waals surface area contributed by atoms with E-state index in [4.69, 9.17) is 9.73 Å². The van der Waals surface area contributed by atoms with Crippen molar-refractivity contribution in [1.82, 2.24) is 5.32 Å². The highest BCUT2D eigenvalue weighted by Crippen LogP contribution is 2.36. The first kappa shape index (κ1) is 20.1. The highest BCUT2D eigenvalue weighted by Gasteiger charge is 2.27. The van der Waals surface area contributed by atoms with Crippen LogP contribution in [0.5, 0.6) is 11.5 Å². The summed E-state index contributed by atoms with van der Waals surface area (Å²) in [5.74, 6) is 1.09. The molecule has 3 aromatic carbocycles. The molecule has 0 bridgehead atoms. The van der Waals surface area contributed by atoms with Gasteiger partial charge in [-0.3, -0.25) is 10.3 Å². The van der Waals surface area contributed by atoms with Gasteiger partial charge in [-0.05, 0) is 65.7 Å². The number of phenols is 1. The van der Waals surface area contributed by atoms with Crippen LogP contribution in [0, 0.1) is 0 Å². The molecule has 2 unspecified atom stereocenters. The Balaban J connectivity index is 1.75. The third-order valence-corrected chi connectivity index (χ3v) is 6.04. The minimum atomic E-state index is -0.211. The fraction of sp³-hybridized carbons (Fsp3) is 0.174. The molecule has 148 valence electrons. The van der Waals surface area contributed by atoms with Crippen LogP contribution in [-0.2, 0) is 0 Å². The number of aromatic hydroxyl groups is 1. The summed E-state index contributed by atoms with van der Waals surface area (Å²) in [7, 11) is 1.66. The molecule has 6 heteroatoms. The van der Waals surface area contributed by atoms with E-state index < -0.39 is 0 Å². The monoisotopic (exact) mass is 514 g/mol. The van der Waals surface area contributed by atoms with Crippen LogP contribution in [0.2, 0.25) is 0 Å². The molecular formula is C23H20Br2N2O2. The first-order chi connectivity index (χ1) is 14.0. The molecule has 0 aromatic heterocycles. The van der Waals surface area contributed by atoms with E-state index in [1.165, 1.54) is 0 Å². The third kappa shape index (κ3) is 4.55. The van der Waals surface area contributed by atoms with Gasteiger partial charge in [0.25, 0.3) is 0 Å². The van der Waals surface area contributed by atoms with Crippen LogP contribution in [-0.4, -0.2) is 17.9 Å². The van der Waals surface area contributed by atoms with Gasteiger partial charge in [0.15, 0.2) is 0 Å². The van der Waals surface area contributed by atoms with Crippen LogP contribution in [0.25, 0.3) is 0 Å². The second kappa shape index (κ2) is 8.69. The zero-order chi connectivity index (χ0) is 20.4. The number of nitrogens with zero attached hydrogens (tertiary/aromatic N) is 1. The molecule has 0 spiro atoms. The summed E-state index contributed by atoms with van der Waals surface area (Å²) < 4.78 is 7.24. The number of aliphatic imine (C=N–C) groups is 1. The molecule has 3 aromatic rings. The summed E-state index contributed by atoms with van der Waals surface area (Å²) in [5, 5.41) is 14.1. The van der Waals surface area contributed by atoms with E-state index in [0.29, 0.717) is 6.42 Å². The van der Waals surface area contributed by atoms with Crippen LogP contribution in [0.15, 0.2) is 80.7 Å². The minimum absolute atomic E-state index is 0.0734. The second-order valence-corrected chi connectivity index (χ2v) is 8.72. The van der Waals surface area contributed by atoms with Crippen LogP contribution in [0.3, 0.4) is 0 Å². The predicted octanol–water partition coefficient (Wildman–Crippen LogP) is 6.15. The first-order valence-corrected chi connectivity index (χ1v) is 10.8. The number of methoxy groups -OCH3 is 1. The number of phenolic OH excluding ortho intramolecular Hbond substituents is 1. The fourth-order valence-corrected chi connectivity index (χ4v) is 4.13. The lowest BCUT2D eigenvalue weighted by Gasteiger charge is -2.31. The fourth-order valence-electron chi connectivity index (χ4n) is 3.48. The number of benzene rings is 3. The van der Waals surface area contributed by atoms with Crippen molar-refractivity contribution < 1.29 is 9.84 Å². The average Bonchev–Trinajstić information content (AvgIpc) is 2.75. The summed E-state index contributed by atoms with van der Waals surface area (Å²) in [4.78, 5) is 4.99. The summed E-state index contributed by atoms with van der Waals surface area (Å²) in [6.45, 7) is 0. The number of rotatable bonds is 4. The van der Waals surface area contributed by atoms with Crippen molar-refractivity contribution in [3.8, 4) is 11.5 Å². The highest BCUT2D eigenvalue weighted by atomic mass is 79.9. The summed E-state index contributed by atoms with van der Waals surface area (Å²) in [5.41, 5.74) is 3.96. The van der Waals surface area contributed by atoms with Crippen LogP contribution >= 0.6 is 31.9 Å². The average molecular weight is 516 g/mol. The maximum absolute atomic E-state index is 10.5. The smallest absolute Gasteiger partial charge is 0.126 e. The van der Waals surface area contributed by atoms with Gasteiger partial charge in [0.1, 0.15) is 17.7 Å². The van der Waals surface area contributed by atoms with E-state index in [2.05, 4.69) is 49.3 Å². The van der Waals surface area contributed by atoms with Crippen molar-refractivity contribution in [2.24, 2.45) is 4.99 Å². The minimum Gasteiger partial charge on any atom is -0.508 e. The Hall–Kier alpha value is -2.15. The standard InChI is InChI=1S/C23H20Br2N2O2/c1-29-18-9-4-14(5-10-18)20-13-21(19-12-17(25)8-11-22(19)28)27-23(26-20)15-2-6-16(24)7-3-15/h2-12,21,23,27-28H,13H2,1H3. The lowest BCUT2D eigenvalue weighted by atomic mass is 9.93. The quantitative estimate of drug-likeness (QED) is 0.438. The molecule has 0 amide bonds. The van der Waals surface area contributed by atoms with Crippen molar-refractivity contribution in [3.05, 3.63) is 92.4 Å². The van der Waals surface area contributed by atoms with Crippen molar-refractivity contribution >= 4 is 37.6 Å². The van der Waals surface area contributed by atoms with E-state index in [1.54, 1.807) is 13.2 Å². The van der Waals surface area contributed by atoms with E-state index in [0.717, 1.165) is 37.1 Å². The van der Waals surface area contributed by atoms with Crippen molar-refractivity contribution in [3.63, 3.8) is 0 Å². The molecule has 1 heterocycles. The largest absolute Gasteiger partial charge is 0.508 e. The summed E-state index contributed by atoms with van der Waals surface area (Å²) >= 11 is 7.01. The summed E-state index contributed by atoms with van der Waals surface area (Å²) in [6, 6.07) is 21.5. The van der Waals surface area contributed by atoms with E-state index in [9.17, 15) is 5.11 Å². The molecule has 2 N–H and O–H groups in total. The molecule has 0 fully saturated rings. The number of hydrogen-bond acceptors (Lipinski definition) is 4. The molecule has 1 aliphatic heterocycles. The highest BCUT2D eigenvalue weighted by molar-refractivity contribution is 9.10. The van der Waals surface area contributed by atoms with E-state index in [-0.39, 0.29) is 18.0 Å². The molecular weight excluding hydrogens is 496 g/mol. The normalized spacial score (nSPS) is 18.9. The van der Waals surface area contributed by atoms with Gasteiger partial charge in [0.2, 0.25) is 0 Å². The number of hydrogen-bond donors (Lipinski definition) is 2. The van der Waals surface area contributed by atoms with Gasteiger partial charge in [-0.25, -0.2) is 0 Å².